The smallest absolute Gasteiger partial charge is 0.279 e. The molecule has 0 unspecified atom stereocenters. The minimum absolute atomic E-state index is 0.0376. The number of hydrogen-bond donors (Lipinski definition) is 0. The van der Waals surface area contributed by atoms with Gasteiger partial charge in [0.05, 0.1) is 5.69 Å². The minimum Gasteiger partial charge on any atom is -0.293 e. The quantitative estimate of drug-likeness (QED) is 0.772. The predicted octanol–water partition coefficient (Wildman–Crippen LogP) is 1.60. The topological polar surface area (TPSA) is 52.2 Å². The molecule has 0 aromatic carbocycles. The number of hydrogen-bond acceptors (Lipinski definition) is 3. The third-order valence-electron chi connectivity index (χ3n) is 2.60. The van der Waals surface area contributed by atoms with Crippen LogP contribution >= 0.6 is 0 Å². The Bertz CT molecular complexity index is 565. The second-order valence-corrected chi connectivity index (χ2v) is 4.54. The molecular weight excluding hydrogens is 204 g/mol. The second kappa shape index (κ2) is 3.73. The molecule has 2 heterocycles. The summed E-state index contributed by atoms with van der Waals surface area (Å²) < 4.78 is 3.03. The number of nitrogens with zero attached hydrogens (tertiary/aromatic N) is 4. The Morgan fingerprint density at radius 3 is 2.50 bits per heavy atom. The van der Waals surface area contributed by atoms with Gasteiger partial charge in [0.2, 0.25) is 0 Å². The molecular formula is C11H16N4O. The monoisotopic (exact) mass is 220 g/mol. The molecule has 0 bridgehead atoms. The molecule has 0 spiro atoms. The molecule has 0 atom stereocenters. The molecule has 0 aliphatic carbocycles. The first-order chi connectivity index (χ1) is 7.50. The van der Waals surface area contributed by atoms with Crippen LogP contribution in [0.3, 0.4) is 0 Å². The Kier molecular flexibility index (Phi) is 2.53. The van der Waals surface area contributed by atoms with Crippen molar-refractivity contribution < 1.29 is 0 Å². The van der Waals surface area contributed by atoms with Gasteiger partial charge in [0, 0.05) is 6.04 Å². The summed E-state index contributed by atoms with van der Waals surface area (Å²) in [7, 11) is 0. The fraction of sp³-hybridized carbons (Fsp3) is 0.545. The Morgan fingerprint density at radius 1 is 1.25 bits per heavy atom. The third kappa shape index (κ3) is 1.62. The van der Waals surface area contributed by atoms with Crippen molar-refractivity contribution in [3.63, 3.8) is 0 Å². The molecule has 0 fully saturated rings. The van der Waals surface area contributed by atoms with Gasteiger partial charge in [-0.3, -0.25) is 9.36 Å². The average molecular weight is 220 g/mol. The van der Waals surface area contributed by atoms with Crippen LogP contribution in [0.1, 0.15) is 45.3 Å². The van der Waals surface area contributed by atoms with Crippen LogP contribution in [0, 0.1) is 0 Å². The zero-order valence-electron chi connectivity index (χ0n) is 10.0. The maximum Gasteiger partial charge on any atom is 0.279 e. The average Bonchev–Trinajstić information content (AvgIpc) is 2.62. The summed E-state index contributed by atoms with van der Waals surface area (Å²) in [6.07, 6.45) is 1.54. The summed E-state index contributed by atoms with van der Waals surface area (Å²) in [6, 6.07) is 1.93. The zero-order chi connectivity index (χ0) is 11.9. The highest BCUT2D eigenvalue weighted by atomic mass is 16.1. The van der Waals surface area contributed by atoms with Crippen molar-refractivity contribution in [2.24, 2.45) is 0 Å². The molecule has 16 heavy (non-hydrogen) atoms. The lowest BCUT2D eigenvalue weighted by Gasteiger charge is -2.07. The van der Waals surface area contributed by atoms with Crippen molar-refractivity contribution >= 4 is 5.52 Å². The van der Waals surface area contributed by atoms with E-state index in [-0.39, 0.29) is 11.6 Å². The fourth-order valence-electron chi connectivity index (χ4n) is 1.56. The second-order valence-electron chi connectivity index (χ2n) is 4.54. The van der Waals surface area contributed by atoms with Crippen molar-refractivity contribution in [1.82, 2.24) is 19.4 Å². The lowest BCUT2D eigenvalue weighted by molar-refractivity contribution is 0.550. The van der Waals surface area contributed by atoms with E-state index in [0.717, 1.165) is 5.69 Å². The Balaban J connectivity index is 2.70. The molecule has 0 radical (unpaired) electrons. The van der Waals surface area contributed by atoms with Gasteiger partial charge in [0.25, 0.3) is 5.56 Å². The number of aromatic nitrogens is 4. The summed E-state index contributed by atoms with van der Waals surface area (Å²) in [5.41, 5.74) is 1.40. The first-order valence-electron chi connectivity index (χ1n) is 5.47. The Hall–Kier alpha value is -1.65. The van der Waals surface area contributed by atoms with Crippen molar-refractivity contribution in [3.8, 4) is 0 Å². The molecule has 2 aromatic heterocycles. The molecule has 0 N–H and O–H groups in total. The van der Waals surface area contributed by atoms with E-state index in [9.17, 15) is 4.79 Å². The van der Waals surface area contributed by atoms with E-state index in [2.05, 4.69) is 10.2 Å². The summed E-state index contributed by atoms with van der Waals surface area (Å²) in [5.74, 6) is 0.300. The lowest BCUT2D eigenvalue weighted by atomic mass is 10.1. The van der Waals surface area contributed by atoms with Crippen LogP contribution in [0.25, 0.3) is 5.52 Å². The van der Waals surface area contributed by atoms with Crippen molar-refractivity contribution in [2.75, 3.05) is 0 Å². The molecule has 0 aliphatic rings. The highest BCUT2D eigenvalue weighted by molar-refractivity contribution is 5.44. The maximum atomic E-state index is 12.1. The van der Waals surface area contributed by atoms with E-state index in [1.165, 1.54) is 11.0 Å². The highest BCUT2D eigenvalue weighted by Crippen LogP contribution is 2.12. The largest absolute Gasteiger partial charge is 0.293 e. The summed E-state index contributed by atoms with van der Waals surface area (Å²) in [6.45, 7) is 8.00. The van der Waals surface area contributed by atoms with Crippen LogP contribution < -0.4 is 5.56 Å². The molecule has 0 amide bonds. The molecule has 0 saturated carbocycles. The first-order valence-corrected chi connectivity index (χ1v) is 5.47. The highest BCUT2D eigenvalue weighted by Gasteiger charge is 2.11. The van der Waals surface area contributed by atoms with E-state index in [4.69, 9.17) is 0 Å². The zero-order valence-corrected chi connectivity index (χ0v) is 10.0. The van der Waals surface area contributed by atoms with Crippen LogP contribution in [0.2, 0.25) is 0 Å². The van der Waals surface area contributed by atoms with E-state index >= 15 is 0 Å². The molecule has 2 rings (SSSR count). The Morgan fingerprint density at radius 2 is 1.94 bits per heavy atom. The third-order valence-corrected chi connectivity index (χ3v) is 2.60. The first kappa shape index (κ1) is 10.9. The minimum atomic E-state index is -0.0376. The predicted molar refractivity (Wildman–Crippen MR) is 61.7 cm³/mol. The van der Waals surface area contributed by atoms with Gasteiger partial charge in [-0.25, -0.2) is 0 Å². The molecule has 2 aromatic rings. The molecule has 0 saturated heterocycles. The number of rotatable bonds is 2. The van der Waals surface area contributed by atoms with Crippen LogP contribution in [0.4, 0.5) is 0 Å². The standard InChI is InChI=1S/C11H16N4O/c1-7(2)9-5-10-11(16)14(8(3)4)6-12-15(10)13-9/h5-8H,1-4H3. The normalized spacial score (nSPS) is 11.9. The molecule has 5 heteroatoms. The summed E-state index contributed by atoms with van der Waals surface area (Å²) in [5, 5.41) is 8.40. The van der Waals surface area contributed by atoms with Crippen LogP contribution in [-0.4, -0.2) is 19.4 Å². The molecule has 86 valence electrons. The van der Waals surface area contributed by atoms with Gasteiger partial charge in [-0.05, 0) is 25.8 Å². The van der Waals surface area contributed by atoms with Gasteiger partial charge in [-0.15, -0.1) is 9.73 Å². The van der Waals surface area contributed by atoms with E-state index in [1.54, 1.807) is 4.57 Å². The van der Waals surface area contributed by atoms with Gasteiger partial charge >= 0.3 is 0 Å². The molecule has 0 aliphatic heterocycles. The Labute approximate surface area is 93.7 Å². The van der Waals surface area contributed by atoms with E-state index in [1.807, 2.05) is 33.8 Å². The maximum absolute atomic E-state index is 12.1. The van der Waals surface area contributed by atoms with E-state index < -0.39 is 0 Å². The van der Waals surface area contributed by atoms with Crippen molar-refractivity contribution in [3.05, 3.63) is 28.4 Å². The van der Waals surface area contributed by atoms with E-state index in [0.29, 0.717) is 11.4 Å². The SMILES string of the molecule is CC(C)c1cc2c(=O)n(C(C)C)cnn2n1. The van der Waals surface area contributed by atoms with Gasteiger partial charge in [-0.2, -0.15) is 5.10 Å². The van der Waals surface area contributed by atoms with Gasteiger partial charge in [0.1, 0.15) is 6.33 Å². The van der Waals surface area contributed by atoms with Crippen molar-refractivity contribution in [1.29, 1.82) is 0 Å². The van der Waals surface area contributed by atoms with Crippen LogP contribution in [0.15, 0.2) is 17.2 Å². The van der Waals surface area contributed by atoms with Crippen molar-refractivity contribution in [2.45, 2.75) is 39.7 Å². The summed E-state index contributed by atoms with van der Waals surface area (Å²) in [4.78, 5) is 12.1. The molecule has 5 nitrogen and oxygen atoms in total. The fourth-order valence-corrected chi connectivity index (χ4v) is 1.56. The summed E-state index contributed by atoms with van der Waals surface area (Å²) >= 11 is 0. The van der Waals surface area contributed by atoms with Gasteiger partial charge in [0.15, 0.2) is 5.52 Å². The van der Waals surface area contributed by atoms with Crippen LogP contribution in [0.5, 0.6) is 0 Å². The van der Waals surface area contributed by atoms with Gasteiger partial charge < -0.3 is 0 Å². The van der Waals surface area contributed by atoms with Crippen LogP contribution in [-0.2, 0) is 0 Å². The lowest BCUT2D eigenvalue weighted by Crippen LogP contribution is -2.24. The van der Waals surface area contributed by atoms with Gasteiger partial charge in [-0.1, -0.05) is 13.8 Å². The number of fused-ring (bicyclic) bond motifs is 1.